The van der Waals surface area contributed by atoms with Crippen LogP contribution in [-0.2, 0) is 4.79 Å². The van der Waals surface area contributed by atoms with Crippen LogP contribution in [0.2, 0.25) is 0 Å². The van der Waals surface area contributed by atoms with Gasteiger partial charge in [0.2, 0.25) is 5.91 Å². The molecule has 2 N–H and O–H groups in total. The quantitative estimate of drug-likeness (QED) is 0.688. The van der Waals surface area contributed by atoms with Crippen LogP contribution in [0.5, 0.6) is 0 Å². The topological polar surface area (TPSA) is 86.7 Å². The van der Waals surface area contributed by atoms with E-state index < -0.39 is 0 Å². The number of hydrogen-bond donors (Lipinski definition) is 1. The van der Waals surface area contributed by atoms with Crippen LogP contribution >= 0.6 is 11.8 Å². The second-order valence-corrected chi connectivity index (χ2v) is 6.76. The summed E-state index contributed by atoms with van der Waals surface area (Å²) in [6.45, 7) is 3.96. The fraction of sp³-hybridized carbons (Fsp3) is 0.222. The molecular formula is C18H19N5OS. The predicted molar refractivity (Wildman–Crippen MR) is 98.5 cm³/mol. The van der Waals surface area contributed by atoms with E-state index in [1.807, 2.05) is 54.8 Å². The Morgan fingerprint density at radius 2 is 2.04 bits per heavy atom. The van der Waals surface area contributed by atoms with Crippen LogP contribution in [0.4, 0.5) is 0 Å². The van der Waals surface area contributed by atoms with Gasteiger partial charge in [-0.1, -0.05) is 36.9 Å². The van der Waals surface area contributed by atoms with E-state index in [9.17, 15) is 4.79 Å². The summed E-state index contributed by atoms with van der Waals surface area (Å²) in [6, 6.07) is 11.8. The Balaban J connectivity index is 2.15. The Kier molecular flexibility index (Phi) is 5.14. The van der Waals surface area contributed by atoms with E-state index in [1.54, 1.807) is 12.4 Å². The van der Waals surface area contributed by atoms with Gasteiger partial charge in [-0.2, -0.15) is 0 Å². The van der Waals surface area contributed by atoms with Gasteiger partial charge in [0.1, 0.15) is 0 Å². The first-order valence-electron chi connectivity index (χ1n) is 7.99. The van der Waals surface area contributed by atoms with E-state index in [0.717, 1.165) is 16.8 Å². The third kappa shape index (κ3) is 3.56. The molecule has 2 aromatic heterocycles. The summed E-state index contributed by atoms with van der Waals surface area (Å²) in [5, 5.41) is 8.96. The molecule has 128 valence electrons. The molecule has 1 amide bonds. The van der Waals surface area contributed by atoms with Gasteiger partial charge in [0, 0.05) is 18.0 Å². The lowest BCUT2D eigenvalue weighted by molar-refractivity contribution is -0.117. The summed E-state index contributed by atoms with van der Waals surface area (Å²) >= 11 is 1.34. The Morgan fingerprint density at radius 1 is 1.24 bits per heavy atom. The van der Waals surface area contributed by atoms with Gasteiger partial charge in [0.25, 0.3) is 0 Å². The summed E-state index contributed by atoms with van der Waals surface area (Å²) in [4.78, 5) is 15.8. The molecule has 3 aromatic rings. The Bertz CT molecular complexity index is 878. The largest absolute Gasteiger partial charge is 0.369 e. The van der Waals surface area contributed by atoms with E-state index in [-0.39, 0.29) is 11.2 Å². The van der Waals surface area contributed by atoms with Crippen LogP contribution in [0.25, 0.3) is 17.1 Å². The molecule has 6 nitrogen and oxygen atoms in total. The minimum Gasteiger partial charge on any atom is -0.369 e. The lowest BCUT2D eigenvalue weighted by Gasteiger charge is -2.15. The van der Waals surface area contributed by atoms with Crippen molar-refractivity contribution in [2.75, 3.05) is 0 Å². The number of carbonyl (C=O) groups is 1. The molecule has 0 aliphatic carbocycles. The molecule has 1 atom stereocenters. The number of aromatic nitrogens is 4. The molecule has 0 fully saturated rings. The lowest BCUT2D eigenvalue weighted by Crippen LogP contribution is -2.25. The van der Waals surface area contributed by atoms with Crippen LogP contribution in [0, 0.1) is 6.92 Å². The number of para-hydroxylation sites is 1. The molecule has 0 radical (unpaired) electrons. The molecule has 1 unspecified atom stereocenters. The zero-order valence-electron chi connectivity index (χ0n) is 14.1. The van der Waals surface area contributed by atoms with Crippen LogP contribution in [0.3, 0.4) is 0 Å². The highest BCUT2D eigenvalue weighted by atomic mass is 32.2. The van der Waals surface area contributed by atoms with Crippen LogP contribution in [0.15, 0.2) is 53.9 Å². The summed E-state index contributed by atoms with van der Waals surface area (Å²) in [6.07, 6.45) is 4.09. The zero-order chi connectivity index (χ0) is 17.8. The molecule has 0 saturated carbocycles. The number of primary amides is 1. The summed E-state index contributed by atoms with van der Waals surface area (Å²) in [5.74, 6) is 0.332. The number of amides is 1. The molecule has 0 bridgehead atoms. The number of nitrogens with zero attached hydrogens (tertiary/aromatic N) is 4. The first kappa shape index (κ1) is 17.2. The lowest BCUT2D eigenvalue weighted by atomic mass is 10.2. The highest BCUT2D eigenvalue weighted by Crippen LogP contribution is 2.31. The maximum absolute atomic E-state index is 11.7. The van der Waals surface area contributed by atoms with Gasteiger partial charge in [-0.25, -0.2) is 0 Å². The number of aryl methyl sites for hydroxylation is 1. The molecular weight excluding hydrogens is 334 g/mol. The van der Waals surface area contributed by atoms with Crippen molar-refractivity contribution in [3.63, 3.8) is 0 Å². The van der Waals surface area contributed by atoms with Crippen molar-refractivity contribution in [2.45, 2.75) is 30.7 Å². The Labute approximate surface area is 150 Å². The third-order valence-corrected chi connectivity index (χ3v) is 5.17. The first-order valence-corrected chi connectivity index (χ1v) is 8.87. The van der Waals surface area contributed by atoms with E-state index in [1.165, 1.54) is 11.8 Å². The van der Waals surface area contributed by atoms with Crippen molar-refractivity contribution in [1.29, 1.82) is 0 Å². The molecule has 0 aliphatic heterocycles. The summed E-state index contributed by atoms with van der Waals surface area (Å²) in [5.41, 5.74) is 8.41. The number of pyridine rings is 1. The van der Waals surface area contributed by atoms with Gasteiger partial charge in [-0.15, -0.1) is 10.2 Å². The maximum Gasteiger partial charge on any atom is 0.231 e. The van der Waals surface area contributed by atoms with Crippen LogP contribution in [0.1, 0.15) is 18.9 Å². The number of hydrogen-bond acceptors (Lipinski definition) is 5. The molecule has 25 heavy (non-hydrogen) atoms. The summed E-state index contributed by atoms with van der Waals surface area (Å²) in [7, 11) is 0. The van der Waals surface area contributed by atoms with Crippen molar-refractivity contribution < 1.29 is 4.79 Å². The number of thioether (sulfide) groups is 1. The van der Waals surface area contributed by atoms with Gasteiger partial charge < -0.3 is 5.73 Å². The van der Waals surface area contributed by atoms with Crippen LogP contribution < -0.4 is 5.73 Å². The number of carbonyl (C=O) groups excluding carboxylic acids is 1. The second-order valence-electron chi connectivity index (χ2n) is 5.59. The van der Waals surface area contributed by atoms with Crippen molar-refractivity contribution in [2.24, 2.45) is 5.73 Å². The van der Waals surface area contributed by atoms with Crippen molar-refractivity contribution in [3.8, 4) is 17.1 Å². The van der Waals surface area contributed by atoms with Crippen molar-refractivity contribution in [3.05, 3.63) is 54.4 Å². The van der Waals surface area contributed by atoms with Crippen molar-refractivity contribution in [1.82, 2.24) is 19.7 Å². The maximum atomic E-state index is 11.7. The van der Waals surface area contributed by atoms with E-state index in [2.05, 4.69) is 15.2 Å². The number of benzene rings is 1. The van der Waals surface area contributed by atoms with Gasteiger partial charge in [0.15, 0.2) is 11.0 Å². The fourth-order valence-electron chi connectivity index (χ4n) is 2.53. The Hall–Kier alpha value is -2.67. The van der Waals surface area contributed by atoms with E-state index >= 15 is 0 Å². The molecule has 2 heterocycles. The van der Waals surface area contributed by atoms with E-state index in [0.29, 0.717) is 17.4 Å². The summed E-state index contributed by atoms with van der Waals surface area (Å²) < 4.78 is 1.96. The normalized spacial score (nSPS) is 12.1. The first-order chi connectivity index (χ1) is 12.1. The number of rotatable bonds is 6. The standard InChI is InChI=1S/C18H19N5OS/c1-3-15(16(19)24)25-18-22-21-17(13-8-6-10-20-11-13)23(18)14-9-5-4-7-12(14)2/h4-11,15H,3H2,1-2H3,(H2,19,24). The Morgan fingerprint density at radius 3 is 2.68 bits per heavy atom. The fourth-order valence-corrected chi connectivity index (χ4v) is 3.45. The number of nitrogens with two attached hydrogens (primary N) is 1. The molecule has 7 heteroatoms. The zero-order valence-corrected chi connectivity index (χ0v) is 14.9. The van der Waals surface area contributed by atoms with Gasteiger partial charge >= 0.3 is 0 Å². The predicted octanol–water partition coefficient (Wildman–Crippen LogP) is 2.99. The van der Waals surface area contributed by atoms with E-state index in [4.69, 9.17) is 5.73 Å². The molecule has 1 aromatic carbocycles. The smallest absolute Gasteiger partial charge is 0.231 e. The average Bonchev–Trinajstić information content (AvgIpc) is 3.04. The second kappa shape index (κ2) is 7.48. The third-order valence-electron chi connectivity index (χ3n) is 3.85. The highest BCUT2D eigenvalue weighted by molar-refractivity contribution is 8.00. The van der Waals surface area contributed by atoms with Gasteiger partial charge in [-0.3, -0.25) is 14.3 Å². The van der Waals surface area contributed by atoms with Crippen molar-refractivity contribution >= 4 is 17.7 Å². The SMILES string of the molecule is CCC(Sc1nnc(-c2cccnc2)n1-c1ccccc1C)C(N)=O. The molecule has 0 saturated heterocycles. The van der Waals surface area contributed by atoms with Crippen LogP contribution in [-0.4, -0.2) is 30.9 Å². The highest BCUT2D eigenvalue weighted by Gasteiger charge is 2.22. The molecule has 3 rings (SSSR count). The minimum atomic E-state index is -0.353. The molecule has 0 aliphatic rings. The van der Waals surface area contributed by atoms with Gasteiger partial charge in [-0.05, 0) is 37.1 Å². The minimum absolute atomic E-state index is 0.352. The van der Waals surface area contributed by atoms with Gasteiger partial charge in [0.05, 0.1) is 10.9 Å². The average molecular weight is 353 g/mol. The monoisotopic (exact) mass is 353 g/mol. The molecule has 0 spiro atoms.